The number of carbonyl (C=O) groups is 2. The van der Waals surface area contributed by atoms with Gasteiger partial charge in [-0.25, -0.2) is 4.39 Å². The topological polar surface area (TPSA) is 64.9 Å². The van der Waals surface area contributed by atoms with Crippen molar-refractivity contribution >= 4 is 34.3 Å². The predicted molar refractivity (Wildman–Crippen MR) is 188 cm³/mol. The SMILES string of the molecule is CCC([C@H]1C[C@@H](N2CC3CN(C(C)=O)C[C@@H]3C2)C1)N1CC[C@@H](Cc2cn(-c3ccc(F)cc3C(=O)N(C)C(C)C)c3cncc(Cl)c23)C1. The number of aromatic nitrogens is 2. The summed E-state index contributed by atoms with van der Waals surface area (Å²) in [5.74, 6) is 2.12. The minimum absolute atomic E-state index is 0.0233. The summed E-state index contributed by atoms with van der Waals surface area (Å²) < 4.78 is 16.5. The second-order valence-electron chi connectivity index (χ2n) is 15.3. The lowest BCUT2D eigenvalue weighted by Crippen LogP contribution is -2.52. The Morgan fingerprint density at radius 2 is 1.81 bits per heavy atom. The van der Waals surface area contributed by atoms with Gasteiger partial charge in [-0.1, -0.05) is 18.5 Å². The predicted octanol–water partition coefficient (Wildman–Crippen LogP) is 6.13. The van der Waals surface area contributed by atoms with Crippen molar-refractivity contribution in [1.29, 1.82) is 0 Å². The minimum Gasteiger partial charge on any atom is -0.342 e. The summed E-state index contributed by atoms with van der Waals surface area (Å²) in [6, 6.07) is 5.72. The van der Waals surface area contributed by atoms with Gasteiger partial charge in [-0.05, 0) is 99.9 Å². The van der Waals surface area contributed by atoms with E-state index in [0.29, 0.717) is 46.1 Å². The summed E-state index contributed by atoms with van der Waals surface area (Å²) in [5.41, 5.74) is 2.92. The Balaban J connectivity index is 1.04. The molecule has 2 unspecified atom stereocenters. The Labute approximate surface area is 289 Å². The molecule has 1 aliphatic carbocycles. The third-order valence-electron chi connectivity index (χ3n) is 12.2. The Hall–Kier alpha value is -3.01. The molecule has 1 aromatic carbocycles. The first-order valence-electron chi connectivity index (χ1n) is 18.0. The number of fused-ring (bicyclic) bond motifs is 2. The van der Waals surface area contributed by atoms with Crippen LogP contribution in [0.2, 0.25) is 5.02 Å². The molecule has 0 bridgehead atoms. The number of rotatable bonds is 9. The summed E-state index contributed by atoms with van der Waals surface area (Å²) in [4.78, 5) is 38.9. The van der Waals surface area contributed by atoms with E-state index in [2.05, 4.69) is 27.9 Å². The van der Waals surface area contributed by atoms with Gasteiger partial charge in [0.2, 0.25) is 5.91 Å². The molecule has 2 aromatic heterocycles. The lowest BCUT2D eigenvalue weighted by molar-refractivity contribution is -0.128. The fraction of sp³-hybridized carbons (Fsp3) is 0.605. The fourth-order valence-corrected chi connectivity index (χ4v) is 9.52. The normalized spacial score (nSPS) is 26.8. The van der Waals surface area contributed by atoms with Gasteiger partial charge in [-0.15, -0.1) is 0 Å². The highest BCUT2D eigenvalue weighted by Gasteiger charge is 2.47. The van der Waals surface area contributed by atoms with Gasteiger partial charge in [0.1, 0.15) is 5.82 Å². The molecule has 8 nitrogen and oxygen atoms in total. The lowest BCUT2D eigenvalue weighted by atomic mass is 9.73. The summed E-state index contributed by atoms with van der Waals surface area (Å²) in [6.07, 6.45) is 11.4. The average molecular weight is 677 g/mol. The van der Waals surface area contributed by atoms with Crippen molar-refractivity contribution in [3.05, 3.63) is 58.8 Å². The number of benzene rings is 1. The van der Waals surface area contributed by atoms with Crippen LogP contribution in [-0.2, 0) is 11.2 Å². The molecule has 258 valence electrons. The van der Waals surface area contributed by atoms with E-state index in [-0.39, 0.29) is 17.9 Å². The number of likely N-dealkylation sites (tertiary alicyclic amines) is 3. The molecule has 10 heteroatoms. The van der Waals surface area contributed by atoms with E-state index in [9.17, 15) is 14.0 Å². The van der Waals surface area contributed by atoms with E-state index in [1.165, 1.54) is 31.4 Å². The molecule has 3 aliphatic heterocycles. The van der Waals surface area contributed by atoms with Crippen molar-refractivity contribution in [3.8, 4) is 5.69 Å². The highest BCUT2D eigenvalue weighted by molar-refractivity contribution is 6.35. The van der Waals surface area contributed by atoms with Gasteiger partial charge in [0.25, 0.3) is 5.91 Å². The number of amides is 2. The number of hydrogen-bond donors (Lipinski definition) is 0. The van der Waals surface area contributed by atoms with Gasteiger partial charge in [0, 0.05) is 82.6 Å². The van der Waals surface area contributed by atoms with Gasteiger partial charge in [0.15, 0.2) is 0 Å². The molecule has 7 rings (SSSR count). The van der Waals surface area contributed by atoms with Crippen LogP contribution in [0.25, 0.3) is 16.6 Å². The van der Waals surface area contributed by atoms with Crippen molar-refractivity contribution < 1.29 is 14.0 Å². The lowest BCUT2D eigenvalue weighted by Gasteiger charge is -2.47. The molecule has 4 fully saturated rings. The zero-order valence-corrected chi connectivity index (χ0v) is 29.8. The van der Waals surface area contributed by atoms with Crippen LogP contribution in [0.5, 0.6) is 0 Å². The summed E-state index contributed by atoms with van der Waals surface area (Å²) in [6.45, 7) is 14.3. The smallest absolute Gasteiger partial charge is 0.256 e. The van der Waals surface area contributed by atoms with Crippen LogP contribution in [-0.4, -0.2) is 105 Å². The molecular weight excluding hydrogens is 627 g/mol. The number of nitrogens with zero attached hydrogens (tertiary/aromatic N) is 6. The first-order chi connectivity index (χ1) is 23.0. The number of halogens is 2. The molecule has 0 spiro atoms. The molecule has 4 atom stereocenters. The first-order valence-corrected chi connectivity index (χ1v) is 18.3. The Morgan fingerprint density at radius 3 is 2.48 bits per heavy atom. The van der Waals surface area contributed by atoms with Gasteiger partial charge >= 0.3 is 0 Å². The molecule has 3 saturated heterocycles. The maximum Gasteiger partial charge on any atom is 0.256 e. The van der Waals surface area contributed by atoms with Crippen molar-refractivity contribution in [1.82, 2.24) is 29.2 Å². The Morgan fingerprint density at radius 1 is 1.08 bits per heavy atom. The molecule has 4 aliphatic rings. The summed E-state index contributed by atoms with van der Waals surface area (Å²) in [7, 11) is 1.75. The highest BCUT2D eigenvalue weighted by Crippen LogP contribution is 2.43. The maximum absolute atomic E-state index is 14.5. The number of carbonyl (C=O) groups excluding carboxylic acids is 2. The molecule has 0 N–H and O–H groups in total. The van der Waals surface area contributed by atoms with Crippen molar-refractivity contribution in [2.75, 3.05) is 46.3 Å². The van der Waals surface area contributed by atoms with Crippen LogP contribution in [0.15, 0.2) is 36.8 Å². The number of pyridine rings is 1. The third-order valence-corrected chi connectivity index (χ3v) is 12.5. The van der Waals surface area contributed by atoms with Crippen molar-refractivity contribution in [3.63, 3.8) is 0 Å². The summed E-state index contributed by atoms with van der Waals surface area (Å²) >= 11 is 6.81. The van der Waals surface area contributed by atoms with Gasteiger partial charge < -0.3 is 14.4 Å². The quantitative estimate of drug-likeness (QED) is 0.273. The second-order valence-corrected chi connectivity index (χ2v) is 15.7. The first kappa shape index (κ1) is 33.5. The zero-order chi connectivity index (χ0) is 33.9. The van der Waals surface area contributed by atoms with Crippen LogP contribution in [0, 0.1) is 29.5 Å². The van der Waals surface area contributed by atoms with E-state index in [0.717, 1.165) is 74.5 Å². The van der Waals surface area contributed by atoms with Crippen LogP contribution in [0.4, 0.5) is 4.39 Å². The zero-order valence-electron chi connectivity index (χ0n) is 29.0. The van der Waals surface area contributed by atoms with Crippen molar-refractivity contribution in [2.45, 2.75) is 77.9 Å². The van der Waals surface area contributed by atoms with Gasteiger partial charge in [-0.3, -0.25) is 24.4 Å². The van der Waals surface area contributed by atoms with Gasteiger partial charge in [0.05, 0.1) is 28.0 Å². The molecular formula is C38H50ClFN6O2. The standard InChI is InChI=1S/C38H50ClFN6O2/c1-6-34(26-12-31(13-26)45-20-28-18-44(24(4)47)19-29(28)21-45)43-10-9-25(17-43)11-27-22-46(36-16-41-15-33(39)37(27)36)35-8-7-30(40)14-32(35)38(48)42(5)23(2)3/h7-8,14-16,22-23,25-26,28-29,31,34H,6,9-13,17-21H2,1-5H3/t25-,26-,28+,29?,31+,34?/m0/s1. The van der Waals surface area contributed by atoms with Crippen molar-refractivity contribution in [2.24, 2.45) is 23.7 Å². The fourth-order valence-electron chi connectivity index (χ4n) is 9.24. The Kier molecular flexibility index (Phi) is 9.32. The van der Waals surface area contributed by atoms with Crippen LogP contribution in [0.1, 0.15) is 69.3 Å². The molecule has 5 heterocycles. The van der Waals surface area contributed by atoms with E-state index in [1.807, 2.05) is 23.3 Å². The highest BCUT2D eigenvalue weighted by atomic mass is 35.5. The second kappa shape index (κ2) is 13.4. The Bertz CT molecular complexity index is 1670. The summed E-state index contributed by atoms with van der Waals surface area (Å²) in [5, 5.41) is 1.55. The monoisotopic (exact) mass is 676 g/mol. The molecule has 3 aromatic rings. The van der Waals surface area contributed by atoms with Crippen LogP contribution in [0.3, 0.4) is 0 Å². The van der Waals surface area contributed by atoms with E-state index in [1.54, 1.807) is 37.3 Å². The molecule has 48 heavy (non-hydrogen) atoms. The molecule has 0 radical (unpaired) electrons. The minimum atomic E-state index is -0.439. The average Bonchev–Trinajstić information content (AvgIpc) is 3.82. The number of hydrogen-bond acceptors (Lipinski definition) is 5. The molecule has 1 saturated carbocycles. The maximum atomic E-state index is 14.5. The van der Waals surface area contributed by atoms with E-state index >= 15 is 0 Å². The van der Waals surface area contributed by atoms with E-state index in [4.69, 9.17) is 11.6 Å². The van der Waals surface area contributed by atoms with Gasteiger partial charge in [-0.2, -0.15) is 0 Å². The third kappa shape index (κ3) is 6.15. The van der Waals surface area contributed by atoms with E-state index < -0.39 is 5.82 Å². The molecule has 2 amide bonds. The largest absolute Gasteiger partial charge is 0.342 e. The van der Waals surface area contributed by atoms with Crippen LogP contribution < -0.4 is 0 Å². The van der Waals surface area contributed by atoms with Crippen LogP contribution >= 0.6 is 11.6 Å².